The zero-order valence-electron chi connectivity index (χ0n) is 14.9. The number of carbonyl (C=O) groups is 1. The number of nitrogens with one attached hydrogen (secondary N) is 1. The number of anilines is 3. The van der Waals surface area contributed by atoms with Gasteiger partial charge in [0, 0.05) is 45.5 Å². The minimum Gasteiger partial charge on any atom is -0.356 e. The minimum absolute atomic E-state index is 0.00807. The Kier molecular flexibility index (Phi) is 5.11. The van der Waals surface area contributed by atoms with Crippen molar-refractivity contribution in [2.24, 2.45) is 5.92 Å². The van der Waals surface area contributed by atoms with Gasteiger partial charge in [-0.3, -0.25) is 4.79 Å². The van der Waals surface area contributed by atoms with E-state index >= 15 is 0 Å². The number of aromatic nitrogens is 3. The lowest BCUT2D eigenvalue weighted by atomic mass is 9.96. The van der Waals surface area contributed by atoms with E-state index in [-0.39, 0.29) is 11.8 Å². The third kappa shape index (κ3) is 4.23. The van der Waals surface area contributed by atoms with Gasteiger partial charge in [0.25, 0.3) is 0 Å². The van der Waals surface area contributed by atoms with Crippen molar-refractivity contribution >= 4 is 23.5 Å². The molecule has 2 aromatic heterocycles. The molecule has 0 atom stereocenters. The average molecular weight is 340 g/mol. The van der Waals surface area contributed by atoms with E-state index < -0.39 is 0 Å². The number of pyridine rings is 1. The van der Waals surface area contributed by atoms with Crippen molar-refractivity contribution in [1.29, 1.82) is 0 Å². The number of piperidine rings is 1. The smallest absolute Gasteiger partial charge is 0.228 e. The Labute approximate surface area is 148 Å². The third-order valence-corrected chi connectivity index (χ3v) is 4.38. The predicted molar refractivity (Wildman–Crippen MR) is 98.9 cm³/mol. The molecule has 7 nitrogen and oxygen atoms in total. The van der Waals surface area contributed by atoms with E-state index in [1.807, 2.05) is 44.1 Å². The predicted octanol–water partition coefficient (Wildman–Crippen LogP) is 2.10. The van der Waals surface area contributed by atoms with E-state index in [1.165, 1.54) is 0 Å². The summed E-state index contributed by atoms with van der Waals surface area (Å²) in [6.07, 6.45) is 5.10. The molecular weight excluding hydrogens is 316 g/mol. The first-order valence-electron chi connectivity index (χ1n) is 8.52. The fraction of sp³-hybridized carbons (Fsp3) is 0.444. The standard InChI is InChI=1S/C18H24N6O/c1-13-4-8-19-15(12-13)21-17(25)14-6-10-24(11-7-14)16-5-9-20-18(22-16)23(2)3/h4-5,8-9,12,14H,6-7,10-11H2,1-3H3,(H,19,21,25). The lowest BCUT2D eigenvalue weighted by molar-refractivity contribution is -0.120. The fourth-order valence-corrected chi connectivity index (χ4v) is 2.93. The molecule has 1 amide bonds. The maximum Gasteiger partial charge on any atom is 0.228 e. The van der Waals surface area contributed by atoms with Crippen molar-refractivity contribution in [2.75, 3.05) is 42.3 Å². The van der Waals surface area contributed by atoms with Crippen LogP contribution in [0.2, 0.25) is 0 Å². The first-order chi connectivity index (χ1) is 12.0. The lowest BCUT2D eigenvalue weighted by Crippen LogP contribution is -2.38. The topological polar surface area (TPSA) is 74.2 Å². The minimum atomic E-state index is 0.00807. The van der Waals surface area contributed by atoms with Crippen LogP contribution < -0.4 is 15.1 Å². The molecule has 132 valence electrons. The Bertz CT molecular complexity index is 740. The number of rotatable bonds is 4. The van der Waals surface area contributed by atoms with E-state index in [1.54, 1.807) is 12.4 Å². The van der Waals surface area contributed by atoms with Crippen LogP contribution in [0.1, 0.15) is 18.4 Å². The van der Waals surface area contributed by atoms with Crippen LogP contribution >= 0.6 is 0 Å². The average Bonchev–Trinajstić information content (AvgIpc) is 2.62. The lowest BCUT2D eigenvalue weighted by Gasteiger charge is -2.32. The molecule has 2 aromatic rings. The van der Waals surface area contributed by atoms with Gasteiger partial charge in [0.05, 0.1) is 0 Å². The molecule has 0 aliphatic carbocycles. The molecule has 1 N–H and O–H groups in total. The largest absolute Gasteiger partial charge is 0.356 e. The Morgan fingerprint density at radius 3 is 2.60 bits per heavy atom. The molecule has 25 heavy (non-hydrogen) atoms. The number of amides is 1. The highest BCUT2D eigenvalue weighted by Gasteiger charge is 2.26. The summed E-state index contributed by atoms with van der Waals surface area (Å²) in [5.74, 6) is 2.29. The van der Waals surface area contributed by atoms with Gasteiger partial charge in [0.1, 0.15) is 11.6 Å². The van der Waals surface area contributed by atoms with Crippen molar-refractivity contribution < 1.29 is 4.79 Å². The number of hydrogen-bond donors (Lipinski definition) is 1. The van der Waals surface area contributed by atoms with Gasteiger partial charge in [-0.25, -0.2) is 9.97 Å². The van der Waals surface area contributed by atoms with Crippen LogP contribution in [0.3, 0.4) is 0 Å². The highest BCUT2D eigenvalue weighted by atomic mass is 16.1. The molecule has 3 rings (SSSR count). The van der Waals surface area contributed by atoms with E-state index in [0.29, 0.717) is 11.8 Å². The van der Waals surface area contributed by atoms with Gasteiger partial charge in [-0.2, -0.15) is 4.98 Å². The first kappa shape index (κ1) is 17.1. The van der Waals surface area contributed by atoms with Crippen molar-refractivity contribution in [3.63, 3.8) is 0 Å². The van der Waals surface area contributed by atoms with Gasteiger partial charge in [-0.05, 0) is 43.5 Å². The highest BCUT2D eigenvalue weighted by Crippen LogP contribution is 2.23. The molecule has 1 aliphatic heterocycles. The molecule has 0 unspecified atom stereocenters. The summed E-state index contributed by atoms with van der Waals surface area (Å²) in [5, 5.41) is 2.93. The van der Waals surface area contributed by atoms with Crippen LogP contribution in [-0.4, -0.2) is 48.0 Å². The van der Waals surface area contributed by atoms with Gasteiger partial charge >= 0.3 is 0 Å². The molecule has 1 saturated heterocycles. The zero-order valence-corrected chi connectivity index (χ0v) is 14.9. The van der Waals surface area contributed by atoms with Crippen molar-refractivity contribution in [2.45, 2.75) is 19.8 Å². The summed E-state index contributed by atoms with van der Waals surface area (Å²) in [6, 6.07) is 5.72. The molecule has 1 aliphatic rings. The Hall–Kier alpha value is -2.70. The second-order valence-corrected chi connectivity index (χ2v) is 6.58. The van der Waals surface area contributed by atoms with E-state index in [4.69, 9.17) is 0 Å². The Morgan fingerprint density at radius 2 is 1.92 bits per heavy atom. The molecule has 1 fully saturated rings. The van der Waals surface area contributed by atoms with Crippen molar-refractivity contribution in [1.82, 2.24) is 15.0 Å². The number of nitrogens with zero attached hydrogens (tertiary/aromatic N) is 5. The number of carbonyl (C=O) groups excluding carboxylic acids is 1. The van der Waals surface area contributed by atoms with Gasteiger partial charge in [0.15, 0.2) is 0 Å². The van der Waals surface area contributed by atoms with Crippen LogP contribution in [0.25, 0.3) is 0 Å². The molecule has 0 saturated carbocycles. The monoisotopic (exact) mass is 340 g/mol. The highest BCUT2D eigenvalue weighted by molar-refractivity contribution is 5.91. The summed E-state index contributed by atoms with van der Waals surface area (Å²) in [5.41, 5.74) is 1.08. The van der Waals surface area contributed by atoms with E-state index in [0.717, 1.165) is 37.3 Å². The van der Waals surface area contributed by atoms with Gasteiger partial charge in [0.2, 0.25) is 11.9 Å². The van der Waals surface area contributed by atoms with Crippen LogP contribution in [0.4, 0.5) is 17.6 Å². The number of aryl methyl sites for hydroxylation is 1. The Morgan fingerprint density at radius 1 is 1.20 bits per heavy atom. The molecule has 0 aromatic carbocycles. The van der Waals surface area contributed by atoms with Gasteiger partial charge in [-0.15, -0.1) is 0 Å². The molecule has 7 heteroatoms. The fourth-order valence-electron chi connectivity index (χ4n) is 2.93. The summed E-state index contributed by atoms with van der Waals surface area (Å²) in [7, 11) is 3.85. The SMILES string of the molecule is Cc1ccnc(NC(=O)C2CCN(c3ccnc(N(C)C)n3)CC2)c1. The summed E-state index contributed by atoms with van der Waals surface area (Å²) in [6.45, 7) is 3.60. The van der Waals surface area contributed by atoms with Crippen LogP contribution in [0.15, 0.2) is 30.6 Å². The van der Waals surface area contributed by atoms with Gasteiger partial charge < -0.3 is 15.1 Å². The second kappa shape index (κ2) is 7.46. The van der Waals surface area contributed by atoms with Crippen molar-refractivity contribution in [3.8, 4) is 0 Å². The summed E-state index contributed by atoms with van der Waals surface area (Å²) < 4.78 is 0. The normalized spacial score (nSPS) is 15.1. The van der Waals surface area contributed by atoms with Crippen LogP contribution in [0, 0.1) is 12.8 Å². The Balaban J connectivity index is 1.58. The maximum absolute atomic E-state index is 12.5. The van der Waals surface area contributed by atoms with E-state index in [9.17, 15) is 4.79 Å². The first-order valence-corrected chi connectivity index (χ1v) is 8.52. The van der Waals surface area contributed by atoms with Crippen molar-refractivity contribution in [3.05, 3.63) is 36.2 Å². The second-order valence-electron chi connectivity index (χ2n) is 6.58. The van der Waals surface area contributed by atoms with Gasteiger partial charge in [-0.1, -0.05) is 0 Å². The summed E-state index contributed by atoms with van der Waals surface area (Å²) in [4.78, 5) is 29.6. The third-order valence-electron chi connectivity index (χ3n) is 4.38. The van der Waals surface area contributed by atoms with Crippen LogP contribution in [-0.2, 0) is 4.79 Å². The molecule has 3 heterocycles. The maximum atomic E-state index is 12.5. The number of hydrogen-bond acceptors (Lipinski definition) is 6. The molecular formula is C18H24N6O. The molecule has 0 bridgehead atoms. The van der Waals surface area contributed by atoms with Crippen LogP contribution in [0.5, 0.6) is 0 Å². The quantitative estimate of drug-likeness (QED) is 0.919. The van der Waals surface area contributed by atoms with E-state index in [2.05, 4.69) is 25.2 Å². The molecule has 0 radical (unpaired) electrons. The summed E-state index contributed by atoms with van der Waals surface area (Å²) >= 11 is 0. The zero-order chi connectivity index (χ0) is 17.8. The molecule has 0 spiro atoms.